The lowest BCUT2D eigenvalue weighted by atomic mass is 10.1. The molecule has 0 aliphatic carbocycles. The zero-order valence-corrected chi connectivity index (χ0v) is 16.6. The number of hydrazone groups is 1. The zero-order valence-electron chi connectivity index (χ0n) is 15.7. The maximum absolute atomic E-state index is 11.4. The minimum absolute atomic E-state index is 0.0971. The second kappa shape index (κ2) is 7.39. The number of thiazole rings is 1. The minimum Gasteiger partial charge on any atom is -0.332 e. The molecule has 0 aliphatic rings. The van der Waals surface area contributed by atoms with Crippen LogP contribution in [0.1, 0.15) is 40.5 Å². The molecule has 1 amide bonds. The lowest BCUT2D eigenvalue weighted by Crippen LogP contribution is -2.15. The topological polar surface area (TPSA) is 108 Å². The highest BCUT2D eigenvalue weighted by Crippen LogP contribution is 2.34. The normalized spacial score (nSPS) is 12.8. The van der Waals surface area contributed by atoms with E-state index < -0.39 is 0 Å². The van der Waals surface area contributed by atoms with Crippen molar-refractivity contribution in [3.8, 4) is 0 Å². The maximum Gasteiger partial charge on any atom is 0.230 e. The molecule has 4 rings (SSSR count). The second-order valence-electron chi connectivity index (χ2n) is 6.50. The van der Waals surface area contributed by atoms with Gasteiger partial charge in [-0.3, -0.25) is 15.0 Å². The molecule has 28 heavy (non-hydrogen) atoms. The molecule has 1 unspecified atom stereocenters. The van der Waals surface area contributed by atoms with Gasteiger partial charge >= 0.3 is 0 Å². The number of nitrogens with one attached hydrogen (secondary N) is 2. The summed E-state index contributed by atoms with van der Waals surface area (Å²) in [5.41, 5.74) is 4.61. The highest BCUT2D eigenvalue weighted by molar-refractivity contribution is 7.19. The molecule has 2 N–H and O–H groups in total. The van der Waals surface area contributed by atoms with Gasteiger partial charge in [0.15, 0.2) is 5.65 Å². The summed E-state index contributed by atoms with van der Waals surface area (Å²) in [4.78, 5) is 16.2. The van der Waals surface area contributed by atoms with Crippen molar-refractivity contribution in [2.75, 3.05) is 0 Å². The Morgan fingerprint density at radius 2 is 2.11 bits per heavy atom. The standard InChI is InChI=1S/C18H20N8OS/c1-11(15-5-7-20-24-15)18-22-17-16(28-18)14(12(2)25(17)3)8-21-26(10-27)9-13-4-6-19-23-13/h4-8,10-11H,9H2,1-3H3,(H,19,23)(H,20,24)/b21-8-. The predicted molar refractivity (Wildman–Crippen MR) is 107 cm³/mol. The Kier molecular flexibility index (Phi) is 4.78. The zero-order chi connectivity index (χ0) is 19.7. The Morgan fingerprint density at radius 1 is 1.32 bits per heavy atom. The first-order valence-corrected chi connectivity index (χ1v) is 9.60. The van der Waals surface area contributed by atoms with Crippen LogP contribution in [0, 0.1) is 6.92 Å². The van der Waals surface area contributed by atoms with Crippen LogP contribution in [-0.2, 0) is 18.4 Å². The number of amides is 1. The molecule has 0 aromatic carbocycles. The van der Waals surface area contributed by atoms with E-state index in [4.69, 9.17) is 4.98 Å². The molecule has 10 heteroatoms. The molecule has 9 nitrogen and oxygen atoms in total. The molecule has 0 aliphatic heterocycles. The van der Waals surface area contributed by atoms with Crippen LogP contribution in [0.4, 0.5) is 0 Å². The molecule has 0 fully saturated rings. The van der Waals surface area contributed by atoms with Gasteiger partial charge in [-0.2, -0.15) is 15.3 Å². The van der Waals surface area contributed by atoms with Crippen LogP contribution < -0.4 is 0 Å². The van der Waals surface area contributed by atoms with Crippen molar-refractivity contribution in [1.29, 1.82) is 0 Å². The van der Waals surface area contributed by atoms with Crippen LogP contribution in [0.3, 0.4) is 0 Å². The van der Waals surface area contributed by atoms with E-state index in [1.54, 1.807) is 23.7 Å². The van der Waals surface area contributed by atoms with E-state index >= 15 is 0 Å². The van der Waals surface area contributed by atoms with Crippen LogP contribution in [0.25, 0.3) is 10.3 Å². The number of nitrogens with zero attached hydrogens (tertiary/aromatic N) is 6. The van der Waals surface area contributed by atoms with Crippen LogP contribution in [0.15, 0.2) is 29.6 Å². The lowest BCUT2D eigenvalue weighted by molar-refractivity contribution is -0.118. The third-order valence-electron chi connectivity index (χ3n) is 4.76. The Balaban J connectivity index is 1.66. The Morgan fingerprint density at radius 3 is 2.79 bits per heavy atom. The molecule has 0 spiro atoms. The average Bonchev–Trinajstić information content (AvgIpc) is 3.48. The number of hydrogen-bond donors (Lipinski definition) is 2. The Labute approximate surface area is 165 Å². The van der Waals surface area contributed by atoms with Crippen molar-refractivity contribution < 1.29 is 4.79 Å². The first-order chi connectivity index (χ1) is 13.6. The third-order valence-corrected chi connectivity index (χ3v) is 6.02. The maximum atomic E-state index is 11.4. The monoisotopic (exact) mass is 396 g/mol. The van der Waals surface area contributed by atoms with E-state index in [1.165, 1.54) is 5.01 Å². The minimum atomic E-state index is 0.0971. The molecular formula is C18H20N8OS. The predicted octanol–water partition coefficient (Wildman–Crippen LogP) is 2.53. The molecule has 4 heterocycles. The fourth-order valence-electron chi connectivity index (χ4n) is 2.99. The number of aryl methyl sites for hydroxylation is 1. The fourth-order valence-corrected chi connectivity index (χ4v) is 4.22. The number of fused-ring (bicyclic) bond motifs is 1. The second-order valence-corrected chi connectivity index (χ2v) is 7.53. The van der Waals surface area contributed by atoms with Crippen molar-refractivity contribution in [2.45, 2.75) is 26.3 Å². The van der Waals surface area contributed by atoms with E-state index in [1.807, 2.05) is 36.9 Å². The lowest BCUT2D eigenvalue weighted by Gasteiger charge is -2.08. The van der Waals surface area contributed by atoms with Crippen molar-refractivity contribution >= 4 is 34.3 Å². The molecule has 0 radical (unpaired) electrons. The van der Waals surface area contributed by atoms with Gasteiger partial charge in [0.05, 0.1) is 34.8 Å². The van der Waals surface area contributed by atoms with Crippen molar-refractivity contribution in [3.05, 3.63) is 52.2 Å². The summed E-state index contributed by atoms with van der Waals surface area (Å²) in [6, 6.07) is 3.77. The largest absolute Gasteiger partial charge is 0.332 e. The summed E-state index contributed by atoms with van der Waals surface area (Å²) in [6.45, 7) is 4.42. The highest BCUT2D eigenvalue weighted by Gasteiger charge is 2.21. The summed E-state index contributed by atoms with van der Waals surface area (Å²) in [6.07, 6.45) is 5.94. The van der Waals surface area contributed by atoms with E-state index in [9.17, 15) is 4.79 Å². The van der Waals surface area contributed by atoms with Gasteiger partial charge in [-0.1, -0.05) is 6.92 Å². The van der Waals surface area contributed by atoms with Gasteiger partial charge in [0.2, 0.25) is 6.41 Å². The van der Waals surface area contributed by atoms with Crippen LogP contribution in [0.2, 0.25) is 0 Å². The number of hydrogen-bond acceptors (Lipinski definition) is 6. The summed E-state index contributed by atoms with van der Waals surface area (Å²) >= 11 is 1.63. The van der Waals surface area contributed by atoms with Gasteiger partial charge in [-0.05, 0) is 19.1 Å². The van der Waals surface area contributed by atoms with Crippen molar-refractivity contribution in [1.82, 2.24) is 35.0 Å². The molecule has 0 saturated heterocycles. The van der Waals surface area contributed by atoms with Crippen molar-refractivity contribution in [2.24, 2.45) is 12.1 Å². The Hall–Kier alpha value is -3.27. The first-order valence-electron chi connectivity index (χ1n) is 8.78. The van der Waals surface area contributed by atoms with Crippen LogP contribution >= 0.6 is 11.3 Å². The first kappa shape index (κ1) is 18.1. The van der Waals surface area contributed by atoms with E-state index in [2.05, 4.69) is 32.4 Å². The van der Waals surface area contributed by atoms with Crippen molar-refractivity contribution in [3.63, 3.8) is 0 Å². The average molecular weight is 396 g/mol. The number of rotatable bonds is 7. The molecule has 4 aromatic heterocycles. The van der Waals surface area contributed by atoms with E-state index in [-0.39, 0.29) is 5.92 Å². The number of carbonyl (C=O) groups excluding carboxylic acids is 1. The molecular weight excluding hydrogens is 376 g/mol. The SMILES string of the molecule is Cc1c(/C=N\N(C=O)Cc2cc[nH]n2)c2sc(C(C)c3cc[nH]n3)nc2n1C. The van der Waals surface area contributed by atoms with Gasteiger partial charge < -0.3 is 4.57 Å². The molecule has 1 atom stereocenters. The number of carbonyl (C=O) groups is 1. The van der Waals surface area contributed by atoms with E-state index in [0.717, 1.165) is 38.0 Å². The van der Waals surface area contributed by atoms with Gasteiger partial charge in [0, 0.05) is 30.7 Å². The quantitative estimate of drug-likeness (QED) is 0.284. The number of aromatic amines is 2. The Bertz CT molecular complexity index is 1110. The molecule has 0 saturated carbocycles. The third kappa shape index (κ3) is 3.22. The summed E-state index contributed by atoms with van der Waals surface area (Å²) in [7, 11) is 1.99. The number of aromatic nitrogens is 6. The molecule has 4 aromatic rings. The molecule has 144 valence electrons. The smallest absolute Gasteiger partial charge is 0.230 e. The fraction of sp³-hybridized carbons (Fsp3) is 0.278. The van der Waals surface area contributed by atoms with Gasteiger partial charge in [-0.15, -0.1) is 11.3 Å². The molecule has 0 bridgehead atoms. The van der Waals surface area contributed by atoms with Gasteiger partial charge in [0.25, 0.3) is 0 Å². The number of H-pyrrole nitrogens is 2. The summed E-state index contributed by atoms with van der Waals surface area (Å²) in [5.74, 6) is 0.0971. The van der Waals surface area contributed by atoms with Gasteiger partial charge in [0.1, 0.15) is 5.01 Å². The van der Waals surface area contributed by atoms with Gasteiger partial charge in [-0.25, -0.2) is 9.99 Å². The summed E-state index contributed by atoms with van der Waals surface area (Å²) < 4.78 is 3.10. The highest BCUT2D eigenvalue weighted by atomic mass is 32.1. The van der Waals surface area contributed by atoms with E-state index in [0.29, 0.717) is 13.0 Å². The van der Waals surface area contributed by atoms with Crippen LogP contribution in [-0.4, -0.2) is 47.6 Å². The van der Waals surface area contributed by atoms with Crippen LogP contribution in [0.5, 0.6) is 0 Å². The summed E-state index contributed by atoms with van der Waals surface area (Å²) in [5, 5.41) is 20.6.